The van der Waals surface area contributed by atoms with Gasteiger partial charge in [-0.2, -0.15) is 0 Å². The van der Waals surface area contributed by atoms with Crippen LogP contribution in [0.3, 0.4) is 0 Å². The average Bonchev–Trinajstić information content (AvgIpc) is 3.07. The fourth-order valence-corrected chi connectivity index (χ4v) is 3.78. The van der Waals surface area contributed by atoms with Gasteiger partial charge in [0.05, 0.1) is 5.69 Å². The van der Waals surface area contributed by atoms with Crippen molar-refractivity contribution in [2.75, 3.05) is 6.54 Å². The molecule has 0 spiro atoms. The molecule has 1 aromatic heterocycles. The number of thiazole rings is 1. The molecule has 22 heavy (non-hydrogen) atoms. The lowest BCUT2D eigenvalue weighted by Crippen LogP contribution is -2.28. The summed E-state index contributed by atoms with van der Waals surface area (Å²) in [6.07, 6.45) is 3.63. The van der Waals surface area contributed by atoms with Gasteiger partial charge in [-0.05, 0) is 49.4 Å². The molecule has 4 nitrogen and oxygen atoms in total. The van der Waals surface area contributed by atoms with E-state index in [1.807, 2.05) is 0 Å². The second kappa shape index (κ2) is 6.48. The molecular formula is C17H21N3OS. The normalized spacial score (nSPS) is 14.2. The highest BCUT2D eigenvalue weighted by atomic mass is 32.1. The smallest absolute Gasteiger partial charge is 0.216 e. The van der Waals surface area contributed by atoms with Gasteiger partial charge in [0.2, 0.25) is 5.91 Å². The Morgan fingerprint density at radius 2 is 2.18 bits per heavy atom. The Hall–Kier alpha value is -1.88. The molecule has 0 unspecified atom stereocenters. The van der Waals surface area contributed by atoms with Crippen molar-refractivity contribution in [2.45, 2.75) is 39.7 Å². The monoisotopic (exact) mass is 315 g/mol. The molecular weight excluding hydrogens is 294 g/mol. The van der Waals surface area contributed by atoms with Gasteiger partial charge in [0.15, 0.2) is 4.80 Å². The molecule has 1 N–H and O–H groups in total. The van der Waals surface area contributed by atoms with Crippen LogP contribution in [0.4, 0.5) is 5.69 Å². The van der Waals surface area contributed by atoms with E-state index in [2.05, 4.69) is 40.4 Å². The van der Waals surface area contributed by atoms with E-state index >= 15 is 0 Å². The molecule has 5 heteroatoms. The first-order valence-electron chi connectivity index (χ1n) is 7.69. The predicted octanol–water partition coefficient (Wildman–Crippen LogP) is 2.72. The average molecular weight is 315 g/mol. The molecule has 0 bridgehead atoms. The maximum atomic E-state index is 11.0. The van der Waals surface area contributed by atoms with Crippen molar-refractivity contribution in [2.24, 2.45) is 4.99 Å². The van der Waals surface area contributed by atoms with E-state index in [0.29, 0.717) is 6.54 Å². The summed E-state index contributed by atoms with van der Waals surface area (Å²) in [7, 11) is 0. The van der Waals surface area contributed by atoms with Crippen LogP contribution in [-0.2, 0) is 24.2 Å². The van der Waals surface area contributed by atoms with E-state index in [0.717, 1.165) is 17.0 Å². The van der Waals surface area contributed by atoms with Crippen LogP contribution in [0.2, 0.25) is 0 Å². The molecule has 1 aliphatic carbocycles. The van der Waals surface area contributed by atoms with Gasteiger partial charge < -0.3 is 9.88 Å². The lowest BCUT2D eigenvalue weighted by molar-refractivity contribution is -0.118. The van der Waals surface area contributed by atoms with E-state index < -0.39 is 0 Å². The molecule has 0 atom stereocenters. The van der Waals surface area contributed by atoms with Crippen LogP contribution >= 0.6 is 11.3 Å². The quantitative estimate of drug-likeness (QED) is 0.926. The first kappa shape index (κ1) is 15.0. The molecule has 0 saturated heterocycles. The lowest BCUT2D eigenvalue weighted by Gasteiger charge is -2.06. The minimum atomic E-state index is 0.00518. The second-order valence-corrected chi connectivity index (χ2v) is 6.55. The molecule has 1 aromatic carbocycles. The van der Waals surface area contributed by atoms with E-state index in [-0.39, 0.29) is 5.91 Å². The molecule has 0 fully saturated rings. The first-order chi connectivity index (χ1) is 10.6. The zero-order chi connectivity index (χ0) is 15.5. The predicted molar refractivity (Wildman–Crippen MR) is 89.4 cm³/mol. The fraction of sp³-hybridized carbons (Fsp3) is 0.412. The van der Waals surface area contributed by atoms with E-state index in [9.17, 15) is 4.79 Å². The number of carbonyl (C=O) groups excluding carboxylic acids is 1. The highest BCUT2D eigenvalue weighted by molar-refractivity contribution is 7.07. The summed E-state index contributed by atoms with van der Waals surface area (Å²) >= 11 is 1.65. The Morgan fingerprint density at radius 1 is 1.36 bits per heavy atom. The number of rotatable bonds is 4. The number of carbonyl (C=O) groups is 1. The number of hydrogen-bond donors (Lipinski definition) is 1. The molecule has 1 amide bonds. The number of aromatic nitrogens is 1. The third-order valence-electron chi connectivity index (χ3n) is 4.01. The fourth-order valence-electron chi connectivity index (χ4n) is 2.86. The van der Waals surface area contributed by atoms with Gasteiger partial charge in [0.1, 0.15) is 0 Å². The third-order valence-corrected chi connectivity index (χ3v) is 4.99. The minimum absolute atomic E-state index is 0.00518. The van der Waals surface area contributed by atoms with Gasteiger partial charge in [-0.3, -0.25) is 4.79 Å². The summed E-state index contributed by atoms with van der Waals surface area (Å²) in [6.45, 7) is 5.00. The van der Waals surface area contributed by atoms with Crippen LogP contribution in [0.25, 0.3) is 0 Å². The standard InChI is InChI=1S/C17H21N3OS/c1-12-11-22-17(20(12)9-8-18-13(2)21)19-16-7-6-14-4-3-5-15(14)10-16/h6-7,10-11H,3-5,8-9H2,1-2H3,(H,18,21). The van der Waals surface area contributed by atoms with Crippen LogP contribution in [0, 0.1) is 6.92 Å². The van der Waals surface area contributed by atoms with Crippen molar-refractivity contribution in [3.8, 4) is 0 Å². The van der Waals surface area contributed by atoms with Crippen molar-refractivity contribution < 1.29 is 4.79 Å². The Bertz CT molecular complexity index is 758. The zero-order valence-corrected chi connectivity index (χ0v) is 13.9. The molecule has 2 aromatic rings. The summed E-state index contributed by atoms with van der Waals surface area (Å²) in [6, 6.07) is 6.54. The van der Waals surface area contributed by atoms with Crippen LogP contribution in [-0.4, -0.2) is 17.0 Å². The molecule has 116 valence electrons. The van der Waals surface area contributed by atoms with Crippen molar-refractivity contribution in [1.82, 2.24) is 9.88 Å². The Labute approximate surface area is 134 Å². The summed E-state index contributed by atoms with van der Waals surface area (Å²) in [5, 5.41) is 4.95. The second-order valence-electron chi connectivity index (χ2n) is 5.71. The largest absolute Gasteiger partial charge is 0.355 e. The maximum Gasteiger partial charge on any atom is 0.216 e. The Balaban J connectivity index is 1.86. The lowest BCUT2D eigenvalue weighted by atomic mass is 10.1. The highest BCUT2D eigenvalue weighted by Gasteiger charge is 2.10. The van der Waals surface area contributed by atoms with Gasteiger partial charge in [0.25, 0.3) is 0 Å². The van der Waals surface area contributed by atoms with Crippen molar-refractivity contribution in [3.63, 3.8) is 0 Å². The molecule has 0 saturated carbocycles. The topological polar surface area (TPSA) is 46.4 Å². The Morgan fingerprint density at radius 3 is 3.00 bits per heavy atom. The number of nitrogens with one attached hydrogen (secondary N) is 1. The van der Waals surface area contributed by atoms with Crippen LogP contribution < -0.4 is 10.1 Å². The van der Waals surface area contributed by atoms with Gasteiger partial charge in [0, 0.05) is 31.1 Å². The number of hydrogen-bond acceptors (Lipinski definition) is 3. The van der Waals surface area contributed by atoms with Gasteiger partial charge in [-0.15, -0.1) is 11.3 Å². The summed E-state index contributed by atoms with van der Waals surface area (Å²) in [5.74, 6) is 0.00518. The SMILES string of the molecule is CC(=O)NCCn1c(C)csc1=Nc1ccc2c(c1)CCC2. The van der Waals surface area contributed by atoms with Crippen molar-refractivity contribution in [3.05, 3.63) is 45.2 Å². The Kier molecular flexibility index (Phi) is 4.43. The molecule has 1 heterocycles. The van der Waals surface area contributed by atoms with E-state index in [4.69, 9.17) is 4.99 Å². The summed E-state index contributed by atoms with van der Waals surface area (Å²) in [4.78, 5) is 16.8. The number of fused-ring (bicyclic) bond motifs is 1. The number of nitrogens with zero attached hydrogens (tertiary/aromatic N) is 2. The number of benzene rings is 1. The molecule has 1 aliphatic rings. The summed E-state index contributed by atoms with van der Waals surface area (Å²) < 4.78 is 2.16. The highest BCUT2D eigenvalue weighted by Crippen LogP contribution is 2.26. The molecule has 3 rings (SSSR count). The maximum absolute atomic E-state index is 11.0. The minimum Gasteiger partial charge on any atom is -0.355 e. The van der Waals surface area contributed by atoms with Crippen molar-refractivity contribution >= 4 is 22.9 Å². The third kappa shape index (κ3) is 3.30. The van der Waals surface area contributed by atoms with Crippen LogP contribution in [0.1, 0.15) is 30.2 Å². The number of amides is 1. The van der Waals surface area contributed by atoms with Gasteiger partial charge in [-0.1, -0.05) is 6.07 Å². The zero-order valence-electron chi connectivity index (χ0n) is 13.1. The van der Waals surface area contributed by atoms with Crippen LogP contribution in [0.15, 0.2) is 28.6 Å². The molecule has 0 aliphatic heterocycles. The van der Waals surface area contributed by atoms with E-state index in [1.165, 1.54) is 36.1 Å². The van der Waals surface area contributed by atoms with Gasteiger partial charge in [-0.25, -0.2) is 4.99 Å². The summed E-state index contributed by atoms with van der Waals surface area (Å²) in [5.41, 5.74) is 5.12. The number of aryl methyl sites for hydroxylation is 3. The van der Waals surface area contributed by atoms with E-state index in [1.54, 1.807) is 18.3 Å². The van der Waals surface area contributed by atoms with Crippen molar-refractivity contribution in [1.29, 1.82) is 0 Å². The molecule has 0 radical (unpaired) electrons. The van der Waals surface area contributed by atoms with Crippen LogP contribution in [0.5, 0.6) is 0 Å². The van der Waals surface area contributed by atoms with Gasteiger partial charge >= 0.3 is 0 Å². The first-order valence-corrected chi connectivity index (χ1v) is 8.57.